The van der Waals surface area contributed by atoms with E-state index in [-0.39, 0.29) is 12.8 Å². The van der Waals surface area contributed by atoms with Crippen LogP contribution in [0.5, 0.6) is 0 Å². The van der Waals surface area contributed by atoms with Gasteiger partial charge in [0.2, 0.25) is 0 Å². The molecule has 0 aliphatic rings. The first-order valence-corrected chi connectivity index (χ1v) is 24.3. The van der Waals surface area contributed by atoms with Crippen LogP contribution in [0.3, 0.4) is 0 Å². The highest BCUT2D eigenvalue weighted by molar-refractivity contribution is 7.47. The Hall–Kier alpha value is -2.52. The van der Waals surface area contributed by atoms with Crippen LogP contribution < -0.4 is 0 Å². The lowest BCUT2D eigenvalue weighted by Gasteiger charge is -2.20. The van der Waals surface area contributed by atoms with Gasteiger partial charge in [-0.3, -0.25) is 23.2 Å². The molecule has 0 aromatic heterocycles. The molecule has 0 heterocycles. The Morgan fingerprint density at radius 1 is 0.633 bits per heavy atom. The zero-order valence-electron chi connectivity index (χ0n) is 35.9. The van der Waals surface area contributed by atoms with Gasteiger partial charge in [-0.05, 0) is 44.4 Å². The van der Waals surface area contributed by atoms with Crippen molar-refractivity contribution >= 4 is 27.6 Å². The van der Waals surface area contributed by atoms with Crippen LogP contribution in [-0.4, -0.2) is 92.8 Å². The summed E-state index contributed by atoms with van der Waals surface area (Å²) in [6.45, 7) is 3.61. The number of phosphoric ester groups is 2. The van der Waals surface area contributed by atoms with Gasteiger partial charge in [0, 0.05) is 12.8 Å². The number of unbranched alkanes of at least 4 members (excludes halogenated alkanes) is 8. The lowest BCUT2D eigenvalue weighted by atomic mass is 9.99. The second-order valence-electron chi connectivity index (χ2n) is 14.5. The van der Waals surface area contributed by atoms with Gasteiger partial charge in [0.05, 0.1) is 32.0 Å². The molecular weight excluding hydrogens is 818 g/mol. The zero-order chi connectivity index (χ0) is 44.9. The van der Waals surface area contributed by atoms with E-state index in [1.54, 1.807) is 42.5 Å². The van der Waals surface area contributed by atoms with Crippen molar-refractivity contribution in [2.45, 2.75) is 154 Å². The van der Waals surface area contributed by atoms with Crippen LogP contribution >= 0.6 is 15.6 Å². The molecule has 346 valence electrons. The van der Waals surface area contributed by atoms with Crippen LogP contribution in [0.4, 0.5) is 0 Å². The molecule has 6 N–H and O–H groups in total. The molecule has 0 saturated carbocycles. The molecular formula is C43H74O15P2. The number of aliphatic hydroxyl groups excluding tert-OH is 3. The van der Waals surface area contributed by atoms with Crippen LogP contribution in [0.1, 0.15) is 130 Å². The summed E-state index contributed by atoms with van der Waals surface area (Å²) in [6, 6.07) is 0. The van der Waals surface area contributed by atoms with E-state index in [1.165, 1.54) is 32.1 Å². The Labute approximate surface area is 358 Å². The third-order valence-electron chi connectivity index (χ3n) is 8.81. The van der Waals surface area contributed by atoms with Crippen LogP contribution in [0.2, 0.25) is 0 Å². The van der Waals surface area contributed by atoms with E-state index >= 15 is 0 Å². The molecule has 0 saturated heterocycles. The summed E-state index contributed by atoms with van der Waals surface area (Å²) < 4.78 is 47.5. The summed E-state index contributed by atoms with van der Waals surface area (Å²) in [4.78, 5) is 52.6. The number of allylic oxidation sites excluding steroid dienone is 8. The van der Waals surface area contributed by atoms with Gasteiger partial charge >= 0.3 is 27.6 Å². The van der Waals surface area contributed by atoms with E-state index in [9.17, 15) is 38.9 Å². The Balaban J connectivity index is 4.81. The molecule has 6 atom stereocenters. The molecule has 0 rings (SSSR count). The predicted molar refractivity (Wildman–Crippen MR) is 232 cm³/mol. The molecule has 0 amide bonds. The van der Waals surface area contributed by atoms with Gasteiger partial charge in [-0.25, -0.2) is 9.13 Å². The van der Waals surface area contributed by atoms with Crippen molar-refractivity contribution in [2.75, 3.05) is 26.4 Å². The maximum atomic E-state index is 12.6. The van der Waals surface area contributed by atoms with E-state index < -0.39 is 78.4 Å². The van der Waals surface area contributed by atoms with Gasteiger partial charge in [0.15, 0.2) is 6.10 Å². The highest BCUT2D eigenvalue weighted by Gasteiger charge is 2.28. The zero-order valence-corrected chi connectivity index (χ0v) is 37.7. The van der Waals surface area contributed by atoms with Gasteiger partial charge < -0.3 is 39.5 Å². The fourth-order valence-corrected chi connectivity index (χ4v) is 6.34. The van der Waals surface area contributed by atoms with Gasteiger partial charge in [0.25, 0.3) is 0 Å². The minimum absolute atomic E-state index is 0.0576. The van der Waals surface area contributed by atoms with Crippen molar-refractivity contribution in [2.24, 2.45) is 5.92 Å². The molecule has 0 fully saturated rings. The minimum atomic E-state index is -4.89. The molecule has 0 aromatic carbocycles. The fourth-order valence-electron chi connectivity index (χ4n) is 5.18. The summed E-state index contributed by atoms with van der Waals surface area (Å²) in [5.74, 6) is -0.444. The molecule has 60 heavy (non-hydrogen) atoms. The molecule has 0 bridgehead atoms. The standard InChI is InChI=1S/C43H74O15P2/c1-4-6-19-27-38(44)28-21-15-11-9-12-16-22-29-39(45)30-23-18-25-32-43(48)58-41(36-57-60(52,53)56-34-40(46)33-55-59(49,50)51)35-54-42(47)31-24-17-13-8-7-10-14-20-26-37(3)5-2/h6,11-12,15-16,19,21-23,28-30,37-41,44-46H,4-5,7-10,13-14,17-18,20,24-27,31-36H2,1-3H3,(H,52,53)(H2,49,50,51)/b15-11-,16-12-,19-6-,28-21+,29-22+,30-23-/t37?,38-,39-,40-,41+/m0/s1. The maximum absolute atomic E-state index is 12.6. The molecule has 0 spiro atoms. The third kappa shape index (κ3) is 39.6. The highest BCUT2D eigenvalue weighted by Crippen LogP contribution is 2.43. The summed E-state index contributed by atoms with van der Waals surface area (Å²) in [7, 11) is -9.75. The minimum Gasteiger partial charge on any atom is -0.462 e. The lowest BCUT2D eigenvalue weighted by molar-refractivity contribution is -0.161. The van der Waals surface area contributed by atoms with Gasteiger partial charge in [-0.15, -0.1) is 0 Å². The van der Waals surface area contributed by atoms with Gasteiger partial charge in [0.1, 0.15) is 12.7 Å². The molecule has 0 aliphatic heterocycles. The second-order valence-corrected chi connectivity index (χ2v) is 17.2. The predicted octanol–water partition coefficient (Wildman–Crippen LogP) is 8.41. The smallest absolute Gasteiger partial charge is 0.462 e. The first-order chi connectivity index (χ1) is 28.6. The first kappa shape index (κ1) is 57.5. The normalized spacial score (nSPS) is 16.4. The van der Waals surface area contributed by atoms with E-state index in [0.29, 0.717) is 32.1 Å². The average Bonchev–Trinajstić information content (AvgIpc) is 3.19. The van der Waals surface area contributed by atoms with Crippen molar-refractivity contribution in [3.05, 3.63) is 72.9 Å². The summed E-state index contributed by atoms with van der Waals surface area (Å²) in [5.41, 5.74) is 0. The van der Waals surface area contributed by atoms with Crippen LogP contribution in [0, 0.1) is 5.92 Å². The largest absolute Gasteiger partial charge is 0.472 e. The molecule has 2 unspecified atom stereocenters. The Morgan fingerprint density at radius 3 is 1.88 bits per heavy atom. The first-order valence-electron chi connectivity index (χ1n) is 21.3. The van der Waals surface area contributed by atoms with Crippen LogP contribution in [-0.2, 0) is 41.8 Å². The quantitative estimate of drug-likeness (QED) is 0.0112. The van der Waals surface area contributed by atoms with Crippen LogP contribution in [0.25, 0.3) is 0 Å². The Morgan fingerprint density at radius 2 is 1.23 bits per heavy atom. The van der Waals surface area contributed by atoms with Crippen molar-refractivity contribution < 1.29 is 71.8 Å². The SMILES string of the molecule is CC/C=C\C[C@H](O)/C=C/C=C\C/C=C\C=C\[C@H](O)/C=C\CCCC(=O)O[C@H](COC(=O)CCCCCCCCCCC(C)CC)COP(=O)(O)OC[C@@H](O)COP(=O)(O)O. The number of hydrogen-bond donors (Lipinski definition) is 6. The number of aliphatic hydroxyl groups is 3. The number of carbonyl (C=O) groups is 2. The van der Waals surface area contributed by atoms with Crippen molar-refractivity contribution in [3.63, 3.8) is 0 Å². The summed E-state index contributed by atoms with van der Waals surface area (Å²) in [6.07, 6.45) is 31.3. The lowest BCUT2D eigenvalue weighted by Crippen LogP contribution is -2.29. The topological polar surface area (TPSA) is 236 Å². The van der Waals surface area contributed by atoms with Crippen molar-refractivity contribution in [3.8, 4) is 0 Å². The summed E-state index contributed by atoms with van der Waals surface area (Å²) in [5, 5.41) is 29.7. The Kier molecular flexibility index (Phi) is 35.5. The summed E-state index contributed by atoms with van der Waals surface area (Å²) >= 11 is 0. The number of phosphoric acid groups is 2. The van der Waals surface area contributed by atoms with E-state index in [4.69, 9.17) is 23.8 Å². The van der Waals surface area contributed by atoms with E-state index in [1.807, 2.05) is 37.3 Å². The number of carbonyl (C=O) groups excluding carboxylic acids is 2. The van der Waals surface area contributed by atoms with E-state index in [2.05, 4.69) is 22.9 Å². The molecule has 0 aromatic rings. The van der Waals surface area contributed by atoms with Crippen molar-refractivity contribution in [1.82, 2.24) is 0 Å². The number of rotatable bonds is 38. The van der Waals surface area contributed by atoms with E-state index in [0.717, 1.165) is 38.0 Å². The molecule has 0 radical (unpaired) electrons. The highest BCUT2D eigenvalue weighted by atomic mass is 31.2. The van der Waals surface area contributed by atoms with Crippen molar-refractivity contribution in [1.29, 1.82) is 0 Å². The van der Waals surface area contributed by atoms with Crippen LogP contribution in [0.15, 0.2) is 72.9 Å². The molecule has 17 heteroatoms. The maximum Gasteiger partial charge on any atom is 0.472 e. The number of hydrogen-bond acceptors (Lipinski definition) is 12. The van der Waals surface area contributed by atoms with Gasteiger partial charge in [-0.1, -0.05) is 151 Å². The molecule has 0 aliphatic carbocycles. The molecule has 15 nitrogen and oxygen atoms in total. The second kappa shape index (κ2) is 37.1. The average molecular weight is 893 g/mol. The number of ether oxygens (including phenoxy) is 2. The Bertz CT molecular complexity index is 1390. The number of esters is 2. The third-order valence-corrected chi connectivity index (χ3v) is 10.3. The monoisotopic (exact) mass is 892 g/mol. The van der Waals surface area contributed by atoms with Gasteiger partial charge in [-0.2, -0.15) is 0 Å². The fraction of sp³-hybridized carbons (Fsp3) is 0.674.